The molecule has 1 N–H and O–H groups in total. The van der Waals surface area contributed by atoms with E-state index in [4.69, 9.17) is 0 Å². The van der Waals surface area contributed by atoms with E-state index in [-0.39, 0.29) is 0 Å². The second-order valence-corrected chi connectivity index (χ2v) is 9.22. The van der Waals surface area contributed by atoms with E-state index in [1.165, 1.54) is 64.2 Å². The molecule has 0 unspecified atom stereocenters. The highest BCUT2D eigenvalue weighted by molar-refractivity contribution is 7.68. The van der Waals surface area contributed by atoms with Crippen LogP contribution in [-0.4, -0.2) is 24.4 Å². The number of hydrogen-bond donors (Lipinski definition) is 1. The van der Waals surface area contributed by atoms with Crippen LogP contribution < -0.4 is 0 Å². The molecule has 0 amide bonds. The van der Waals surface area contributed by atoms with Crippen LogP contribution in [0.4, 0.5) is 0 Å². The average molecular weight is 247 g/mol. The van der Waals surface area contributed by atoms with Crippen LogP contribution in [0.25, 0.3) is 0 Å². The largest absolute Gasteiger partial charge is 0.252 e. The van der Waals surface area contributed by atoms with Crippen LogP contribution in [-0.2, 0) is 0 Å². The Hall–Kier alpha value is 0.390. The van der Waals surface area contributed by atoms with E-state index in [0.29, 0.717) is 0 Å². The van der Waals surface area contributed by atoms with Crippen molar-refractivity contribution in [3.63, 3.8) is 0 Å². The summed E-state index contributed by atoms with van der Waals surface area (Å²) in [5.41, 5.74) is 0. The number of unbranched alkanes of at least 4 members (excludes halogenated alkanes) is 9. The van der Waals surface area contributed by atoms with Gasteiger partial charge in [-0.1, -0.05) is 58.3 Å². The quantitative estimate of drug-likeness (QED) is 0.398. The summed E-state index contributed by atoms with van der Waals surface area (Å²) in [6.07, 6.45) is 14.8. The van der Waals surface area contributed by atoms with Crippen molar-refractivity contribution in [1.29, 1.82) is 0 Å². The summed E-state index contributed by atoms with van der Waals surface area (Å²) < 4.78 is 0. The Labute approximate surface area is 103 Å². The van der Waals surface area contributed by atoms with E-state index < -0.39 is 7.49 Å². The third-order valence-corrected chi connectivity index (χ3v) is 4.47. The van der Waals surface area contributed by atoms with Crippen molar-refractivity contribution in [3.05, 3.63) is 0 Å². The standard InChI is InChI=1S/C14H32OP/c1-4-5-6-7-8-9-10-11-12-13-14-16(2,3)15/h15H,4-14H2,1-3H3/q+1. The third-order valence-electron chi connectivity index (χ3n) is 3.06. The predicted octanol–water partition coefficient (Wildman–Crippen LogP) is 5.09. The Balaban J connectivity index is 2.99. The zero-order chi connectivity index (χ0) is 12.3. The van der Waals surface area contributed by atoms with Crippen molar-refractivity contribution in [2.75, 3.05) is 19.5 Å². The fraction of sp³-hybridized carbons (Fsp3) is 1.00. The minimum atomic E-state index is -1.49. The molecular weight excluding hydrogens is 215 g/mol. The van der Waals surface area contributed by atoms with Gasteiger partial charge in [-0.05, 0) is 12.8 Å². The fourth-order valence-electron chi connectivity index (χ4n) is 1.99. The topological polar surface area (TPSA) is 20.2 Å². The summed E-state index contributed by atoms with van der Waals surface area (Å²) in [6, 6.07) is 0. The van der Waals surface area contributed by atoms with E-state index in [1.807, 2.05) is 13.3 Å². The van der Waals surface area contributed by atoms with Crippen molar-refractivity contribution < 1.29 is 4.89 Å². The summed E-state index contributed by atoms with van der Waals surface area (Å²) in [6.45, 7) is 6.30. The van der Waals surface area contributed by atoms with E-state index in [1.54, 1.807) is 0 Å². The predicted molar refractivity (Wildman–Crippen MR) is 77.7 cm³/mol. The third kappa shape index (κ3) is 14.4. The molecule has 0 aromatic rings. The van der Waals surface area contributed by atoms with E-state index in [0.717, 1.165) is 6.16 Å². The molecule has 0 aliphatic heterocycles. The second-order valence-electron chi connectivity index (χ2n) is 5.53. The second kappa shape index (κ2) is 10.5. The highest BCUT2D eigenvalue weighted by Gasteiger charge is 2.19. The first kappa shape index (κ1) is 16.4. The molecule has 2 heteroatoms. The summed E-state index contributed by atoms with van der Waals surface area (Å²) in [4.78, 5) is 9.65. The average Bonchev–Trinajstić information content (AvgIpc) is 2.19. The molecule has 98 valence electrons. The van der Waals surface area contributed by atoms with Gasteiger partial charge in [0.15, 0.2) is 0 Å². The van der Waals surface area contributed by atoms with Gasteiger partial charge in [-0.2, -0.15) is 0 Å². The monoisotopic (exact) mass is 247 g/mol. The van der Waals surface area contributed by atoms with Gasteiger partial charge in [0.25, 0.3) is 0 Å². The lowest BCUT2D eigenvalue weighted by Crippen LogP contribution is -1.93. The van der Waals surface area contributed by atoms with Crippen LogP contribution in [0, 0.1) is 0 Å². The molecule has 0 radical (unpaired) electrons. The molecule has 0 atom stereocenters. The van der Waals surface area contributed by atoms with Crippen molar-refractivity contribution >= 4 is 7.49 Å². The molecule has 0 aliphatic rings. The Morgan fingerprint density at radius 3 is 1.44 bits per heavy atom. The van der Waals surface area contributed by atoms with Gasteiger partial charge in [-0.3, -0.25) is 4.89 Å². The lowest BCUT2D eigenvalue weighted by Gasteiger charge is -2.08. The van der Waals surface area contributed by atoms with Crippen LogP contribution >= 0.6 is 7.49 Å². The zero-order valence-corrected chi connectivity index (χ0v) is 12.6. The van der Waals surface area contributed by atoms with Gasteiger partial charge in [0.05, 0.1) is 19.5 Å². The summed E-state index contributed by atoms with van der Waals surface area (Å²) in [5, 5.41) is 0. The molecule has 1 nitrogen and oxygen atoms in total. The SMILES string of the molecule is CCCCCCCCCCCC[P+](C)(C)O. The molecule has 0 aromatic heterocycles. The highest BCUT2D eigenvalue weighted by Crippen LogP contribution is 2.46. The molecule has 16 heavy (non-hydrogen) atoms. The minimum Gasteiger partial charge on any atom is -0.252 e. The Kier molecular flexibility index (Phi) is 10.8. The molecule has 0 fully saturated rings. The zero-order valence-electron chi connectivity index (χ0n) is 11.7. The Morgan fingerprint density at radius 2 is 1.06 bits per heavy atom. The van der Waals surface area contributed by atoms with Gasteiger partial charge in [-0.15, -0.1) is 0 Å². The summed E-state index contributed by atoms with van der Waals surface area (Å²) in [5.74, 6) is 0. The molecule has 0 bridgehead atoms. The van der Waals surface area contributed by atoms with Gasteiger partial charge in [0, 0.05) is 0 Å². The van der Waals surface area contributed by atoms with Crippen LogP contribution in [0.1, 0.15) is 71.1 Å². The van der Waals surface area contributed by atoms with Crippen molar-refractivity contribution in [2.24, 2.45) is 0 Å². The highest BCUT2D eigenvalue weighted by atomic mass is 31.2. The molecule has 0 aliphatic carbocycles. The van der Waals surface area contributed by atoms with Crippen LogP contribution in [0.5, 0.6) is 0 Å². The Bertz CT molecular complexity index is 140. The maximum absolute atomic E-state index is 9.65. The molecule has 0 heterocycles. The minimum absolute atomic E-state index is 1.06. The summed E-state index contributed by atoms with van der Waals surface area (Å²) in [7, 11) is -1.49. The first-order valence-corrected chi connectivity index (χ1v) is 9.94. The first-order chi connectivity index (χ1) is 7.56. The first-order valence-electron chi connectivity index (χ1n) is 7.12. The number of rotatable bonds is 11. The van der Waals surface area contributed by atoms with Crippen LogP contribution in [0.15, 0.2) is 0 Å². The van der Waals surface area contributed by atoms with Crippen molar-refractivity contribution in [2.45, 2.75) is 71.1 Å². The maximum atomic E-state index is 9.65. The van der Waals surface area contributed by atoms with E-state index in [2.05, 4.69) is 6.92 Å². The van der Waals surface area contributed by atoms with Crippen LogP contribution in [0.2, 0.25) is 0 Å². The van der Waals surface area contributed by atoms with E-state index >= 15 is 0 Å². The van der Waals surface area contributed by atoms with Gasteiger partial charge in [0.1, 0.15) is 7.49 Å². The van der Waals surface area contributed by atoms with Gasteiger partial charge in [0.2, 0.25) is 0 Å². The van der Waals surface area contributed by atoms with E-state index in [9.17, 15) is 4.89 Å². The van der Waals surface area contributed by atoms with Gasteiger partial charge >= 0.3 is 0 Å². The van der Waals surface area contributed by atoms with Crippen molar-refractivity contribution in [3.8, 4) is 0 Å². The molecule has 0 rings (SSSR count). The molecule has 0 saturated carbocycles. The van der Waals surface area contributed by atoms with Crippen LogP contribution in [0.3, 0.4) is 0 Å². The molecule has 0 saturated heterocycles. The Morgan fingerprint density at radius 1 is 0.688 bits per heavy atom. The normalized spacial score (nSPS) is 12.0. The lowest BCUT2D eigenvalue weighted by atomic mass is 10.1. The van der Waals surface area contributed by atoms with Gasteiger partial charge < -0.3 is 0 Å². The molecular formula is C14H32OP+. The molecule has 0 spiro atoms. The smallest absolute Gasteiger partial charge is 0.136 e. The molecule has 0 aromatic carbocycles. The van der Waals surface area contributed by atoms with Gasteiger partial charge in [-0.25, -0.2) is 0 Å². The fourth-order valence-corrected chi connectivity index (χ4v) is 2.98. The number of hydrogen-bond acceptors (Lipinski definition) is 1. The maximum Gasteiger partial charge on any atom is 0.136 e. The summed E-state index contributed by atoms with van der Waals surface area (Å²) >= 11 is 0. The lowest BCUT2D eigenvalue weighted by molar-refractivity contribution is 0.558. The van der Waals surface area contributed by atoms with Crippen molar-refractivity contribution in [1.82, 2.24) is 0 Å².